The third-order valence-corrected chi connectivity index (χ3v) is 5.26. The number of thiophene rings is 1. The summed E-state index contributed by atoms with van der Waals surface area (Å²) in [6.45, 7) is 4.47. The van der Waals surface area contributed by atoms with E-state index in [4.69, 9.17) is 0 Å². The van der Waals surface area contributed by atoms with Crippen molar-refractivity contribution in [1.29, 1.82) is 0 Å². The molecule has 0 aliphatic carbocycles. The van der Waals surface area contributed by atoms with Gasteiger partial charge in [0, 0.05) is 23.2 Å². The van der Waals surface area contributed by atoms with Crippen molar-refractivity contribution < 1.29 is 8.42 Å². The number of hydrogen-bond acceptors (Lipinski definition) is 4. The number of sulfone groups is 1. The largest absolute Gasteiger partial charge is 0.308 e. The van der Waals surface area contributed by atoms with E-state index >= 15 is 0 Å². The SMILES string of the molecule is CCCS(=O)(=O)CCN[C@@H](C)c1cccs1. The molecule has 0 spiro atoms. The van der Waals surface area contributed by atoms with Crippen molar-refractivity contribution in [2.45, 2.75) is 26.3 Å². The minimum absolute atomic E-state index is 0.233. The lowest BCUT2D eigenvalue weighted by Crippen LogP contribution is -2.26. The minimum Gasteiger partial charge on any atom is -0.308 e. The van der Waals surface area contributed by atoms with E-state index < -0.39 is 9.84 Å². The Bertz CT molecular complexity index is 384. The lowest BCUT2D eigenvalue weighted by atomic mass is 10.3. The van der Waals surface area contributed by atoms with Crippen molar-refractivity contribution >= 4 is 21.2 Å². The summed E-state index contributed by atoms with van der Waals surface area (Å²) in [5.41, 5.74) is 0. The summed E-state index contributed by atoms with van der Waals surface area (Å²) in [5.74, 6) is 0.526. The van der Waals surface area contributed by atoms with Crippen molar-refractivity contribution in [1.82, 2.24) is 5.32 Å². The summed E-state index contributed by atoms with van der Waals surface area (Å²) in [6.07, 6.45) is 0.697. The lowest BCUT2D eigenvalue weighted by Gasteiger charge is -2.11. The van der Waals surface area contributed by atoms with Crippen LogP contribution >= 0.6 is 11.3 Å². The van der Waals surface area contributed by atoms with Crippen LogP contribution in [0.15, 0.2) is 17.5 Å². The summed E-state index contributed by atoms with van der Waals surface area (Å²) in [7, 11) is -2.86. The maximum Gasteiger partial charge on any atom is 0.151 e. The zero-order valence-electron chi connectivity index (χ0n) is 9.77. The second-order valence-electron chi connectivity index (χ2n) is 3.84. The van der Waals surface area contributed by atoms with Crippen molar-refractivity contribution in [3.8, 4) is 0 Å². The highest BCUT2D eigenvalue weighted by Crippen LogP contribution is 2.17. The molecule has 5 heteroatoms. The van der Waals surface area contributed by atoms with E-state index in [0.29, 0.717) is 18.7 Å². The van der Waals surface area contributed by atoms with Gasteiger partial charge in [-0.05, 0) is 24.8 Å². The quantitative estimate of drug-likeness (QED) is 0.818. The van der Waals surface area contributed by atoms with Gasteiger partial charge in [0.05, 0.1) is 5.75 Å². The third kappa shape index (κ3) is 4.63. The maximum atomic E-state index is 11.5. The molecule has 0 fully saturated rings. The van der Waals surface area contributed by atoms with E-state index in [-0.39, 0.29) is 11.8 Å². The molecule has 0 bridgehead atoms. The van der Waals surface area contributed by atoms with Crippen LogP contribution in [-0.2, 0) is 9.84 Å². The fourth-order valence-electron chi connectivity index (χ4n) is 1.48. The van der Waals surface area contributed by atoms with Crippen LogP contribution in [0.1, 0.15) is 31.2 Å². The van der Waals surface area contributed by atoms with Crippen LogP contribution in [-0.4, -0.2) is 26.5 Å². The Morgan fingerprint density at radius 2 is 2.19 bits per heavy atom. The molecular weight excluding hydrogens is 242 g/mol. The molecule has 92 valence electrons. The Kier molecular flexibility index (Phi) is 5.44. The molecule has 0 aromatic carbocycles. The van der Waals surface area contributed by atoms with Crippen molar-refractivity contribution in [3.05, 3.63) is 22.4 Å². The third-order valence-electron chi connectivity index (χ3n) is 2.35. The molecular formula is C11H19NO2S2. The topological polar surface area (TPSA) is 46.2 Å². The molecule has 0 radical (unpaired) electrons. The second-order valence-corrected chi connectivity index (χ2v) is 7.13. The molecule has 1 aromatic heterocycles. The Morgan fingerprint density at radius 3 is 2.75 bits per heavy atom. The summed E-state index contributed by atoms with van der Waals surface area (Å²) in [5, 5.41) is 5.26. The zero-order chi connectivity index (χ0) is 12.0. The predicted octanol–water partition coefficient (Wildman–Crippen LogP) is 2.22. The van der Waals surface area contributed by atoms with Gasteiger partial charge in [-0.2, -0.15) is 0 Å². The summed E-state index contributed by atoms with van der Waals surface area (Å²) in [4.78, 5) is 1.24. The van der Waals surface area contributed by atoms with Gasteiger partial charge in [0.15, 0.2) is 9.84 Å². The monoisotopic (exact) mass is 261 g/mol. The Morgan fingerprint density at radius 1 is 1.44 bits per heavy atom. The molecule has 1 aromatic rings. The molecule has 0 saturated carbocycles. The molecule has 1 heterocycles. The first kappa shape index (κ1) is 13.7. The molecule has 0 aliphatic rings. The van der Waals surface area contributed by atoms with Crippen molar-refractivity contribution in [2.75, 3.05) is 18.1 Å². The average Bonchev–Trinajstić information content (AvgIpc) is 2.69. The standard InChI is InChI=1S/C11H19NO2S2/c1-3-8-16(13,14)9-6-12-10(2)11-5-4-7-15-11/h4-5,7,10,12H,3,6,8-9H2,1-2H3/t10-/m0/s1. The van der Waals surface area contributed by atoms with E-state index in [0.717, 1.165) is 0 Å². The van der Waals surface area contributed by atoms with Gasteiger partial charge in [-0.25, -0.2) is 8.42 Å². The molecule has 1 rings (SSSR count). The van der Waals surface area contributed by atoms with Crippen LogP contribution in [0, 0.1) is 0 Å². The molecule has 0 saturated heterocycles. The lowest BCUT2D eigenvalue weighted by molar-refractivity contribution is 0.575. The molecule has 0 aliphatic heterocycles. The smallest absolute Gasteiger partial charge is 0.151 e. The van der Waals surface area contributed by atoms with Gasteiger partial charge in [-0.15, -0.1) is 11.3 Å². The molecule has 16 heavy (non-hydrogen) atoms. The molecule has 1 atom stereocenters. The maximum absolute atomic E-state index is 11.5. The van der Waals surface area contributed by atoms with E-state index in [1.165, 1.54) is 4.88 Å². The van der Waals surface area contributed by atoms with E-state index in [1.54, 1.807) is 11.3 Å². The van der Waals surface area contributed by atoms with Crippen molar-refractivity contribution in [3.63, 3.8) is 0 Å². The van der Waals surface area contributed by atoms with Crippen LogP contribution in [0.3, 0.4) is 0 Å². The Hall–Kier alpha value is -0.390. The van der Waals surface area contributed by atoms with Crippen LogP contribution in [0.4, 0.5) is 0 Å². The Labute approximate surface area is 102 Å². The summed E-state index contributed by atoms with van der Waals surface area (Å²) < 4.78 is 22.9. The number of hydrogen-bond donors (Lipinski definition) is 1. The number of nitrogens with one attached hydrogen (secondary N) is 1. The first-order valence-corrected chi connectivity index (χ1v) is 8.22. The fourth-order valence-corrected chi connectivity index (χ4v) is 3.50. The molecule has 1 N–H and O–H groups in total. The van der Waals surface area contributed by atoms with Crippen LogP contribution in [0.5, 0.6) is 0 Å². The van der Waals surface area contributed by atoms with Crippen molar-refractivity contribution in [2.24, 2.45) is 0 Å². The summed E-state index contributed by atoms with van der Waals surface area (Å²) in [6, 6.07) is 4.30. The summed E-state index contributed by atoms with van der Waals surface area (Å²) >= 11 is 1.69. The van der Waals surface area contributed by atoms with Gasteiger partial charge in [-0.1, -0.05) is 13.0 Å². The van der Waals surface area contributed by atoms with Gasteiger partial charge in [0.2, 0.25) is 0 Å². The van der Waals surface area contributed by atoms with Crippen LogP contribution < -0.4 is 5.32 Å². The Balaban J connectivity index is 2.31. The fraction of sp³-hybridized carbons (Fsp3) is 0.636. The minimum atomic E-state index is -2.86. The normalized spacial score (nSPS) is 13.9. The molecule has 0 amide bonds. The zero-order valence-corrected chi connectivity index (χ0v) is 11.4. The van der Waals surface area contributed by atoms with Crippen LogP contribution in [0.2, 0.25) is 0 Å². The average molecular weight is 261 g/mol. The van der Waals surface area contributed by atoms with Crippen LogP contribution in [0.25, 0.3) is 0 Å². The molecule has 3 nitrogen and oxygen atoms in total. The van der Waals surface area contributed by atoms with Gasteiger partial charge in [0.25, 0.3) is 0 Å². The highest BCUT2D eigenvalue weighted by Gasteiger charge is 2.10. The number of rotatable bonds is 7. The highest BCUT2D eigenvalue weighted by molar-refractivity contribution is 7.91. The van der Waals surface area contributed by atoms with E-state index in [1.807, 2.05) is 18.4 Å². The highest BCUT2D eigenvalue weighted by atomic mass is 32.2. The van der Waals surface area contributed by atoms with Gasteiger partial charge >= 0.3 is 0 Å². The van der Waals surface area contributed by atoms with Gasteiger partial charge < -0.3 is 5.32 Å². The molecule has 0 unspecified atom stereocenters. The predicted molar refractivity (Wildman–Crippen MR) is 69.7 cm³/mol. The van der Waals surface area contributed by atoms with Gasteiger partial charge in [0.1, 0.15) is 0 Å². The second kappa shape index (κ2) is 6.37. The first-order chi connectivity index (χ1) is 7.55. The van der Waals surface area contributed by atoms with E-state index in [9.17, 15) is 8.42 Å². The van der Waals surface area contributed by atoms with E-state index in [2.05, 4.69) is 18.3 Å². The first-order valence-electron chi connectivity index (χ1n) is 5.52. The van der Waals surface area contributed by atoms with Gasteiger partial charge in [-0.3, -0.25) is 0 Å².